The summed E-state index contributed by atoms with van der Waals surface area (Å²) in [5.41, 5.74) is 2.43. The maximum absolute atomic E-state index is 5.97. The average Bonchev–Trinajstić information content (AvgIpc) is 2.28. The Kier molecular flexibility index (Phi) is 4.65. The van der Waals surface area contributed by atoms with Gasteiger partial charge in [0, 0.05) is 23.1 Å². The highest BCUT2D eigenvalue weighted by Gasteiger charge is 2.03. The van der Waals surface area contributed by atoms with Gasteiger partial charge in [0.1, 0.15) is 0 Å². The first-order chi connectivity index (χ1) is 8.63. The minimum Gasteiger partial charge on any atom is -0.298 e. The SMILES string of the molecule is CN(Cc1cccc(Cl)c1)Cc1cccc(Cl)c1. The van der Waals surface area contributed by atoms with Crippen LogP contribution in [0.4, 0.5) is 0 Å². The summed E-state index contributed by atoms with van der Waals surface area (Å²) in [5.74, 6) is 0. The number of rotatable bonds is 4. The summed E-state index contributed by atoms with van der Waals surface area (Å²) in [5, 5.41) is 1.56. The highest BCUT2D eigenvalue weighted by molar-refractivity contribution is 6.30. The Bertz CT molecular complexity index is 478. The maximum Gasteiger partial charge on any atom is 0.0409 e. The molecule has 0 aliphatic carbocycles. The predicted octanol–water partition coefficient (Wildman–Crippen LogP) is 4.63. The molecule has 0 heterocycles. The summed E-state index contributed by atoms with van der Waals surface area (Å²) in [6, 6.07) is 15.9. The van der Waals surface area contributed by atoms with Gasteiger partial charge >= 0.3 is 0 Å². The maximum atomic E-state index is 5.97. The molecule has 18 heavy (non-hydrogen) atoms. The van der Waals surface area contributed by atoms with Gasteiger partial charge in [-0.2, -0.15) is 0 Å². The summed E-state index contributed by atoms with van der Waals surface area (Å²) in [6.07, 6.45) is 0. The fourth-order valence-electron chi connectivity index (χ4n) is 1.95. The van der Waals surface area contributed by atoms with Crippen molar-refractivity contribution in [2.75, 3.05) is 7.05 Å². The van der Waals surface area contributed by atoms with Gasteiger partial charge in [0.05, 0.1) is 0 Å². The van der Waals surface area contributed by atoms with Crippen molar-refractivity contribution in [1.82, 2.24) is 4.90 Å². The molecular formula is C15H15Cl2N. The minimum absolute atomic E-state index is 0.781. The van der Waals surface area contributed by atoms with Crippen molar-refractivity contribution in [3.05, 3.63) is 69.7 Å². The standard InChI is InChI=1S/C15H15Cl2N/c1-18(10-12-4-2-6-14(16)8-12)11-13-5-3-7-15(17)9-13/h2-9H,10-11H2,1H3. The lowest BCUT2D eigenvalue weighted by Gasteiger charge is -2.17. The van der Waals surface area contributed by atoms with E-state index in [0.717, 1.165) is 23.1 Å². The Balaban J connectivity index is 1.98. The summed E-state index contributed by atoms with van der Waals surface area (Å²) < 4.78 is 0. The zero-order chi connectivity index (χ0) is 13.0. The number of nitrogens with zero attached hydrogens (tertiary/aromatic N) is 1. The van der Waals surface area contributed by atoms with E-state index >= 15 is 0 Å². The number of benzene rings is 2. The molecule has 94 valence electrons. The molecule has 2 aromatic rings. The molecule has 0 aliphatic rings. The van der Waals surface area contributed by atoms with Crippen LogP contribution in [0.15, 0.2) is 48.5 Å². The molecule has 0 atom stereocenters. The monoisotopic (exact) mass is 279 g/mol. The molecule has 0 bridgehead atoms. The molecule has 2 aromatic carbocycles. The van der Waals surface area contributed by atoms with Gasteiger partial charge in [-0.05, 0) is 42.4 Å². The van der Waals surface area contributed by atoms with Crippen molar-refractivity contribution < 1.29 is 0 Å². The van der Waals surface area contributed by atoms with Gasteiger partial charge in [0.25, 0.3) is 0 Å². The fourth-order valence-corrected chi connectivity index (χ4v) is 2.38. The first kappa shape index (κ1) is 13.4. The topological polar surface area (TPSA) is 3.24 Å². The zero-order valence-corrected chi connectivity index (χ0v) is 11.7. The summed E-state index contributed by atoms with van der Waals surface area (Å²) >= 11 is 11.9. The van der Waals surface area contributed by atoms with E-state index in [4.69, 9.17) is 23.2 Å². The molecule has 0 radical (unpaired) electrons. The van der Waals surface area contributed by atoms with Crippen LogP contribution in [0, 0.1) is 0 Å². The van der Waals surface area contributed by atoms with Crippen LogP contribution in [0.2, 0.25) is 10.0 Å². The van der Waals surface area contributed by atoms with Crippen LogP contribution in [0.25, 0.3) is 0 Å². The highest BCUT2D eigenvalue weighted by Crippen LogP contribution is 2.15. The number of hydrogen-bond acceptors (Lipinski definition) is 1. The average molecular weight is 280 g/mol. The third-order valence-corrected chi connectivity index (χ3v) is 3.15. The van der Waals surface area contributed by atoms with Gasteiger partial charge in [-0.1, -0.05) is 47.5 Å². The van der Waals surface area contributed by atoms with E-state index in [1.807, 2.05) is 36.4 Å². The van der Waals surface area contributed by atoms with Crippen molar-refractivity contribution in [1.29, 1.82) is 0 Å². The second-order valence-electron chi connectivity index (χ2n) is 4.43. The zero-order valence-electron chi connectivity index (χ0n) is 10.2. The van der Waals surface area contributed by atoms with Crippen LogP contribution in [-0.4, -0.2) is 11.9 Å². The molecule has 0 aliphatic heterocycles. The smallest absolute Gasteiger partial charge is 0.0409 e. The van der Waals surface area contributed by atoms with E-state index in [1.165, 1.54) is 11.1 Å². The van der Waals surface area contributed by atoms with E-state index in [0.29, 0.717) is 0 Å². The van der Waals surface area contributed by atoms with Gasteiger partial charge < -0.3 is 0 Å². The van der Waals surface area contributed by atoms with Gasteiger partial charge in [-0.15, -0.1) is 0 Å². The highest BCUT2D eigenvalue weighted by atomic mass is 35.5. The number of hydrogen-bond donors (Lipinski definition) is 0. The molecule has 0 N–H and O–H groups in total. The summed E-state index contributed by atoms with van der Waals surface area (Å²) in [7, 11) is 2.09. The van der Waals surface area contributed by atoms with Crippen molar-refractivity contribution in [3.63, 3.8) is 0 Å². The first-order valence-corrected chi connectivity index (χ1v) is 6.56. The second kappa shape index (κ2) is 6.24. The summed E-state index contributed by atoms with van der Waals surface area (Å²) in [6.45, 7) is 1.74. The molecule has 0 saturated heterocycles. The van der Waals surface area contributed by atoms with Crippen LogP contribution in [0.3, 0.4) is 0 Å². The molecule has 2 rings (SSSR count). The quantitative estimate of drug-likeness (QED) is 0.789. The molecule has 0 amide bonds. The second-order valence-corrected chi connectivity index (χ2v) is 5.31. The third-order valence-electron chi connectivity index (χ3n) is 2.68. The largest absolute Gasteiger partial charge is 0.298 e. The lowest BCUT2D eigenvalue weighted by molar-refractivity contribution is 0.319. The third kappa shape index (κ3) is 4.02. The molecule has 0 saturated carbocycles. The van der Waals surface area contributed by atoms with Gasteiger partial charge in [-0.3, -0.25) is 4.90 Å². The van der Waals surface area contributed by atoms with E-state index < -0.39 is 0 Å². The molecule has 0 unspecified atom stereocenters. The molecule has 0 aromatic heterocycles. The lowest BCUT2D eigenvalue weighted by Crippen LogP contribution is -2.17. The van der Waals surface area contributed by atoms with Crippen LogP contribution in [0.5, 0.6) is 0 Å². The normalized spacial score (nSPS) is 10.9. The van der Waals surface area contributed by atoms with E-state index in [2.05, 4.69) is 24.1 Å². The number of halogens is 2. The Hall–Kier alpha value is -1.02. The lowest BCUT2D eigenvalue weighted by atomic mass is 10.2. The molecule has 1 nitrogen and oxygen atoms in total. The van der Waals surface area contributed by atoms with E-state index in [1.54, 1.807) is 0 Å². The Morgan fingerprint density at radius 2 is 1.28 bits per heavy atom. The first-order valence-electron chi connectivity index (χ1n) is 5.81. The van der Waals surface area contributed by atoms with Crippen molar-refractivity contribution in [3.8, 4) is 0 Å². The Morgan fingerprint density at radius 3 is 1.67 bits per heavy atom. The molecule has 0 fully saturated rings. The van der Waals surface area contributed by atoms with Crippen LogP contribution >= 0.6 is 23.2 Å². The minimum atomic E-state index is 0.781. The van der Waals surface area contributed by atoms with Crippen LogP contribution in [-0.2, 0) is 13.1 Å². The van der Waals surface area contributed by atoms with Crippen molar-refractivity contribution in [2.24, 2.45) is 0 Å². The fraction of sp³-hybridized carbons (Fsp3) is 0.200. The van der Waals surface area contributed by atoms with Crippen molar-refractivity contribution >= 4 is 23.2 Å². The van der Waals surface area contributed by atoms with Crippen molar-refractivity contribution in [2.45, 2.75) is 13.1 Å². The van der Waals surface area contributed by atoms with Crippen LogP contribution in [0.1, 0.15) is 11.1 Å². The molecule has 0 spiro atoms. The summed E-state index contributed by atoms with van der Waals surface area (Å²) in [4.78, 5) is 2.23. The van der Waals surface area contributed by atoms with Gasteiger partial charge in [-0.25, -0.2) is 0 Å². The Morgan fingerprint density at radius 1 is 0.833 bits per heavy atom. The molecular weight excluding hydrogens is 265 g/mol. The van der Waals surface area contributed by atoms with Crippen LogP contribution < -0.4 is 0 Å². The molecule has 3 heteroatoms. The predicted molar refractivity (Wildman–Crippen MR) is 78.1 cm³/mol. The Labute approximate surface area is 118 Å². The van der Waals surface area contributed by atoms with E-state index in [9.17, 15) is 0 Å². The van der Waals surface area contributed by atoms with Gasteiger partial charge in [0.2, 0.25) is 0 Å². The van der Waals surface area contributed by atoms with E-state index in [-0.39, 0.29) is 0 Å². The van der Waals surface area contributed by atoms with Gasteiger partial charge in [0.15, 0.2) is 0 Å².